The van der Waals surface area contributed by atoms with Gasteiger partial charge in [-0.15, -0.1) is 0 Å². The summed E-state index contributed by atoms with van der Waals surface area (Å²) in [5.74, 6) is 0. The summed E-state index contributed by atoms with van der Waals surface area (Å²) in [6.45, 7) is 4.52. The summed E-state index contributed by atoms with van der Waals surface area (Å²) in [5, 5.41) is 3.25. The van der Waals surface area contributed by atoms with E-state index in [9.17, 15) is 0 Å². The van der Waals surface area contributed by atoms with Crippen molar-refractivity contribution >= 4 is 27.1 Å². The van der Waals surface area contributed by atoms with E-state index in [1.165, 1.54) is 12.0 Å². The zero-order valence-corrected chi connectivity index (χ0v) is 13.7. The molecule has 0 nitrogen and oxygen atoms in total. The van der Waals surface area contributed by atoms with Gasteiger partial charge in [0.1, 0.15) is 0 Å². The number of hydrogen-bond acceptors (Lipinski definition) is 0. The van der Waals surface area contributed by atoms with Gasteiger partial charge in [0, 0.05) is 0 Å². The van der Waals surface area contributed by atoms with Crippen molar-refractivity contribution in [2.75, 3.05) is 0 Å². The molecule has 0 aliphatic rings. The molecule has 2 aromatic carbocycles. The summed E-state index contributed by atoms with van der Waals surface area (Å²) in [6.07, 6.45) is 2.33. The van der Waals surface area contributed by atoms with E-state index in [2.05, 4.69) is 62.4 Å². The predicted octanol–water partition coefficient (Wildman–Crippen LogP) is 3.50. The van der Waals surface area contributed by atoms with Crippen molar-refractivity contribution in [2.24, 2.45) is 0 Å². The summed E-state index contributed by atoms with van der Waals surface area (Å²) in [4.78, 5) is 0. The predicted molar refractivity (Wildman–Crippen MR) is 90.3 cm³/mol. The molecule has 1 atom stereocenters. The number of hydrogen-bond donors (Lipinski definition) is 0. The minimum absolute atomic E-state index is 0.153. The Labute approximate surface area is 114 Å². The Morgan fingerprint density at radius 1 is 0.833 bits per heavy atom. The van der Waals surface area contributed by atoms with Gasteiger partial charge in [-0.2, -0.15) is 0 Å². The third kappa shape index (κ3) is 3.41. The molecule has 0 N–H and O–H groups in total. The van der Waals surface area contributed by atoms with Gasteiger partial charge in [-0.3, -0.25) is 0 Å². The summed E-state index contributed by atoms with van der Waals surface area (Å²) in [7, 11) is 0.873. The molecule has 2 aromatic rings. The third-order valence-corrected chi connectivity index (χ3v) is 8.30. The molecule has 18 heavy (non-hydrogen) atoms. The molecule has 0 aliphatic heterocycles. The standard InChI is InChI=1S/C16H22P2/c1-3-13-9-5-7-11-15(13)17-18-16-12-8-6-10-14(16)4-2/h5-12,17H,3-4H2,1-2,18H3. The van der Waals surface area contributed by atoms with Crippen LogP contribution in [-0.4, -0.2) is 0 Å². The molecule has 0 fully saturated rings. The van der Waals surface area contributed by atoms with Crippen molar-refractivity contribution in [1.29, 1.82) is 0 Å². The first-order valence-corrected chi connectivity index (χ1v) is 10.8. The van der Waals surface area contributed by atoms with E-state index >= 15 is 0 Å². The molecule has 96 valence electrons. The normalized spacial score (nSPS) is 11.4. The summed E-state index contributed by atoms with van der Waals surface area (Å²) < 4.78 is 0. The van der Waals surface area contributed by atoms with Gasteiger partial charge in [-0.25, -0.2) is 0 Å². The fraction of sp³-hybridized carbons (Fsp3) is 0.250. The van der Waals surface area contributed by atoms with Crippen LogP contribution in [-0.2, 0) is 12.8 Å². The Bertz CT molecular complexity index is 458. The Morgan fingerprint density at radius 3 is 2.17 bits per heavy atom. The topological polar surface area (TPSA) is 0 Å². The summed E-state index contributed by atoms with van der Waals surface area (Å²) >= 11 is 0. The van der Waals surface area contributed by atoms with Gasteiger partial charge in [0.2, 0.25) is 0 Å². The van der Waals surface area contributed by atoms with Gasteiger partial charge in [0.25, 0.3) is 0 Å². The second-order valence-electron chi connectivity index (χ2n) is 4.49. The van der Waals surface area contributed by atoms with Crippen LogP contribution >= 0.6 is 16.5 Å². The van der Waals surface area contributed by atoms with E-state index in [-0.39, 0.29) is 8.27 Å². The number of aryl methyl sites for hydroxylation is 2. The maximum atomic E-state index is 2.34. The van der Waals surface area contributed by atoms with Crippen molar-refractivity contribution in [1.82, 2.24) is 0 Å². The second kappa shape index (κ2) is 7.03. The van der Waals surface area contributed by atoms with Gasteiger partial charge in [-0.05, 0) is 0 Å². The van der Waals surface area contributed by atoms with Crippen molar-refractivity contribution in [3.05, 3.63) is 59.7 Å². The van der Waals surface area contributed by atoms with Crippen LogP contribution in [0, 0.1) is 0 Å². The van der Waals surface area contributed by atoms with Crippen molar-refractivity contribution in [3.63, 3.8) is 0 Å². The van der Waals surface area contributed by atoms with Gasteiger partial charge in [0.05, 0.1) is 0 Å². The van der Waals surface area contributed by atoms with Crippen molar-refractivity contribution in [2.45, 2.75) is 26.7 Å². The van der Waals surface area contributed by atoms with Crippen LogP contribution in [0.1, 0.15) is 25.0 Å². The summed E-state index contributed by atoms with van der Waals surface area (Å²) in [6, 6.07) is 17.9. The van der Waals surface area contributed by atoms with E-state index < -0.39 is 0 Å². The average molecular weight is 276 g/mol. The van der Waals surface area contributed by atoms with Crippen LogP contribution in [0.5, 0.6) is 0 Å². The van der Waals surface area contributed by atoms with Gasteiger partial charge < -0.3 is 0 Å². The first kappa shape index (κ1) is 13.7. The van der Waals surface area contributed by atoms with Gasteiger partial charge in [0.15, 0.2) is 0 Å². The molecular weight excluding hydrogens is 254 g/mol. The average Bonchev–Trinajstić information content (AvgIpc) is 2.45. The molecule has 0 aromatic heterocycles. The third-order valence-electron chi connectivity index (χ3n) is 3.37. The van der Waals surface area contributed by atoms with E-state index in [1.54, 1.807) is 16.2 Å². The van der Waals surface area contributed by atoms with Crippen LogP contribution in [0.2, 0.25) is 0 Å². The molecule has 0 saturated carbocycles. The van der Waals surface area contributed by atoms with E-state index in [1.807, 2.05) is 0 Å². The monoisotopic (exact) mass is 276 g/mol. The van der Waals surface area contributed by atoms with Gasteiger partial charge in [-0.1, -0.05) is 0 Å². The van der Waals surface area contributed by atoms with Crippen molar-refractivity contribution in [3.8, 4) is 0 Å². The van der Waals surface area contributed by atoms with Crippen LogP contribution in [0.4, 0.5) is 0 Å². The number of benzene rings is 2. The van der Waals surface area contributed by atoms with E-state index in [4.69, 9.17) is 0 Å². The molecule has 0 saturated heterocycles. The zero-order valence-electron chi connectivity index (χ0n) is 11.2. The van der Waals surface area contributed by atoms with Crippen LogP contribution in [0.25, 0.3) is 0 Å². The van der Waals surface area contributed by atoms with Gasteiger partial charge >= 0.3 is 113 Å². The molecule has 0 bridgehead atoms. The minimum atomic E-state index is -0.153. The fourth-order valence-electron chi connectivity index (χ4n) is 2.27. The molecule has 0 aliphatic carbocycles. The first-order valence-electron chi connectivity index (χ1n) is 6.73. The zero-order chi connectivity index (χ0) is 12.8. The SMILES string of the molecule is CCc1ccccc1P[PH3]c1ccccc1CC. The first-order chi connectivity index (χ1) is 8.85. The molecule has 2 rings (SSSR count). The molecule has 1 unspecified atom stereocenters. The molecule has 0 spiro atoms. The van der Waals surface area contributed by atoms with Crippen molar-refractivity contribution < 1.29 is 0 Å². The molecule has 0 amide bonds. The molecule has 2 heteroatoms. The summed E-state index contributed by atoms with van der Waals surface area (Å²) in [5.41, 5.74) is 3.10. The van der Waals surface area contributed by atoms with Crippen LogP contribution < -0.4 is 10.6 Å². The fourth-order valence-corrected chi connectivity index (χ4v) is 7.41. The molecule has 0 heterocycles. The van der Waals surface area contributed by atoms with Crippen LogP contribution in [0.15, 0.2) is 48.5 Å². The number of rotatable bonds is 5. The quantitative estimate of drug-likeness (QED) is 0.733. The Balaban J connectivity index is 2.11. The van der Waals surface area contributed by atoms with Crippen LogP contribution in [0.3, 0.4) is 0 Å². The maximum absolute atomic E-state index is 2.34. The Hall–Kier alpha value is -0.700. The Morgan fingerprint density at radius 2 is 1.44 bits per heavy atom. The molecule has 0 radical (unpaired) electrons. The van der Waals surface area contributed by atoms with E-state index in [0.29, 0.717) is 0 Å². The molecular formula is C16H22P2. The Kier molecular flexibility index (Phi) is 5.36. The van der Waals surface area contributed by atoms with E-state index in [0.717, 1.165) is 14.7 Å². The second-order valence-corrected chi connectivity index (χ2v) is 8.62.